The Labute approximate surface area is 235 Å². The van der Waals surface area contributed by atoms with Crippen LogP contribution in [0.2, 0.25) is 5.02 Å². The van der Waals surface area contributed by atoms with Gasteiger partial charge in [0.25, 0.3) is 5.91 Å². The summed E-state index contributed by atoms with van der Waals surface area (Å²) in [6, 6.07) is 11.7. The van der Waals surface area contributed by atoms with E-state index in [1.807, 2.05) is 19.0 Å². The normalized spacial score (nSPS) is 17.4. The molecule has 1 aliphatic carbocycles. The highest BCUT2D eigenvalue weighted by Crippen LogP contribution is 2.32. The van der Waals surface area contributed by atoms with Crippen LogP contribution in [-0.2, 0) is 0 Å². The first kappa shape index (κ1) is 29.4. The van der Waals surface area contributed by atoms with Crippen molar-refractivity contribution in [3.63, 3.8) is 0 Å². The summed E-state index contributed by atoms with van der Waals surface area (Å²) in [5.41, 5.74) is 3.03. The number of ether oxygens (including phenoxy) is 1. The molecule has 1 N–H and O–H groups in total. The van der Waals surface area contributed by atoms with E-state index in [2.05, 4.69) is 5.32 Å². The highest BCUT2D eigenvalue weighted by molar-refractivity contribution is 6.32. The highest BCUT2D eigenvalue weighted by Gasteiger charge is 2.23. The molecule has 0 heterocycles. The molecule has 0 aromatic heterocycles. The molecular weight excluding hydrogens is 544 g/mol. The molecule has 3 aromatic rings. The van der Waals surface area contributed by atoms with E-state index in [9.17, 15) is 22.4 Å². The summed E-state index contributed by atoms with van der Waals surface area (Å²) in [6.07, 6.45) is 4.88. The van der Waals surface area contributed by atoms with Crippen LogP contribution in [0.1, 0.15) is 40.7 Å². The van der Waals surface area contributed by atoms with Gasteiger partial charge < -0.3 is 15.0 Å². The lowest BCUT2D eigenvalue weighted by atomic mass is 9.84. The number of carbonyl (C=O) groups excluding carboxylic acids is 1. The Morgan fingerprint density at radius 2 is 1.48 bits per heavy atom. The van der Waals surface area contributed by atoms with Crippen LogP contribution in [0, 0.1) is 23.3 Å². The van der Waals surface area contributed by atoms with E-state index >= 15 is 0 Å². The lowest BCUT2D eigenvalue weighted by molar-refractivity contribution is 0.0935. The molecule has 0 atom stereocenters. The van der Waals surface area contributed by atoms with Gasteiger partial charge >= 0.3 is 0 Å². The first-order valence-corrected chi connectivity index (χ1v) is 13.1. The minimum atomic E-state index is -0.960. The van der Waals surface area contributed by atoms with Gasteiger partial charge in [0.2, 0.25) is 0 Å². The van der Waals surface area contributed by atoms with E-state index < -0.39 is 23.3 Å². The fourth-order valence-corrected chi connectivity index (χ4v) is 4.74. The van der Waals surface area contributed by atoms with E-state index in [4.69, 9.17) is 16.3 Å². The summed E-state index contributed by atoms with van der Waals surface area (Å²) in [6.45, 7) is 1.15. The van der Waals surface area contributed by atoms with Gasteiger partial charge in [0.1, 0.15) is 12.4 Å². The number of carbonyl (C=O) groups is 1. The molecule has 4 nitrogen and oxygen atoms in total. The fraction of sp³-hybridized carbons (Fsp3) is 0.258. The molecule has 0 unspecified atom stereocenters. The fourth-order valence-electron chi connectivity index (χ4n) is 4.50. The van der Waals surface area contributed by atoms with Gasteiger partial charge in [0, 0.05) is 18.2 Å². The van der Waals surface area contributed by atoms with Crippen LogP contribution in [0.3, 0.4) is 0 Å². The average Bonchev–Trinajstić information content (AvgIpc) is 2.89. The van der Waals surface area contributed by atoms with Crippen molar-refractivity contribution in [1.82, 2.24) is 10.2 Å². The summed E-state index contributed by atoms with van der Waals surface area (Å²) in [5.74, 6) is -3.67. The van der Waals surface area contributed by atoms with Gasteiger partial charge in [-0.25, -0.2) is 17.6 Å². The number of hydrogen-bond donors (Lipinski definition) is 1. The second kappa shape index (κ2) is 13.2. The van der Waals surface area contributed by atoms with E-state index in [0.29, 0.717) is 59.9 Å². The zero-order valence-corrected chi connectivity index (χ0v) is 22.9. The Balaban J connectivity index is 1.55. The summed E-state index contributed by atoms with van der Waals surface area (Å²) in [5, 5.41) is 3.33. The number of nitrogens with one attached hydrogen (secondary N) is 1. The smallest absolute Gasteiger partial charge is 0.251 e. The van der Waals surface area contributed by atoms with Crippen LogP contribution in [-0.4, -0.2) is 44.1 Å². The van der Waals surface area contributed by atoms with Crippen LogP contribution >= 0.6 is 11.6 Å². The van der Waals surface area contributed by atoms with Crippen LogP contribution in [0.15, 0.2) is 65.7 Å². The second-order valence-electron chi connectivity index (χ2n) is 10.0. The van der Waals surface area contributed by atoms with Crippen molar-refractivity contribution in [3.05, 3.63) is 111 Å². The standard InChI is InChI=1S/C31H29ClF4N2O2/c1-38(2)9-10-40-30-8-5-23(18-25(30)32)31(39)37-24-14-21(11-19-3-6-26(33)28(35)16-19)13-22(15-24)12-20-4-7-27(34)29(36)17-20/h3-8,11-12,16-18,24H,9-10,13-15H2,1-2H3,(H,37,39)/b21-11-,22-12-. The van der Waals surface area contributed by atoms with Gasteiger partial charge in [-0.15, -0.1) is 0 Å². The highest BCUT2D eigenvalue weighted by atomic mass is 35.5. The van der Waals surface area contributed by atoms with E-state index in [0.717, 1.165) is 35.4 Å². The third kappa shape index (κ3) is 7.96. The quantitative estimate of drug-likeness (QED) is 0.288. The SMILES string of the molecule is CN(C)CCOc1ccc(C(=O)NC2C/C(=C\c3ccc(F)c(F)c3)C/C(=C/c3ccc(F)c(F)c3)C2)cc1Cl. The van der Waals surface area contributed by atoms with Crippen LogP contribution < -0.4 is 10.1 Å². The van der Waals surface area contributed by atoms with Crippen molar-refractivity contribution in [2.75, 3.05) is 27.2 Å². The molecule has 9 heteroatoms. The summed E-state index contributed by atoms with van der Waals surface area (Å²) in [4.78, 5) is 15.1. The Hall–Kier alpha value is -3.62. The molecule has 1 fully saturated rings. The number of likely N-dealkylation sites (N-methyl/N-ethyl adjacent to an activating group) is 1. The van der Waals surface area contributed by atoms with Crippen molar-refractivity contribution < 1.29 is 27.1 Å². The van der Waals surface area contributed by atoms with Crippen molar-refractivity contribution >= 4 is 29.7 Å². The lowest BCUT2D eigenvalue weighted by Gasteiger charge is -2.28. The van der Waals surface area contributed by atoms with Gasteiger partial charge in [-0.2, -0.15) is 0 Å². The maximum atomic E-state index is 13.8. The molecule has 1 aliphatic rings. The summed E-state index contributed by atoms with van der Waals surface area (Å²) in [7, 11) is 3.86. The van der Waals surface area contributed by atoms with Crippen LogP contribution in [0.4, 0.5) is 17.6 Å². The third-order valence-corrected chi connectivity index (χ3v) is 6.72. The number of amides is 1. The van der Waals surface area contributed by atoms with E-state index in [1.165, 1.54) is 12.1 Å². The zero-order valence-electron chi connectivity index (χ0n) is 22.1. The number of benzene rings is 3. The minimum absolute atomic E-state index is 0.313. The zero-order chi connectivity index (χ0) is 28.8. The molecule has 0 radical (unpaired) electrons. The molecule has 1 amide bonds. The van der Waals surface area contributed by atoms with Gasteiger partial charge in [-0.1, -0.05) is 47.0 Å². The topological polar surface area (TPSA) is 41.6 Å². The number of hydrogen-bond acceptors (Lipinski definition) is 3. The van der Waals surface area contributed by atoms with Gasteiger partial charge in [-0.3, -0.25) is 4.79 Å². The maximum Gasteiger partial charge on any atom is 0.251 e. The molecule has 0 bridgehead atoms. The molecule has 4 rings (SSSR count). The third-order valence-electron chi connectivity index (χ3n) is 6.43. The monoisotopic (exact) mass is 572 g/mol. The summed E-state index contributed by atoms with van der Waals surface area (Å²) >= 11 is 6.35. The second-order valence-corrected chi connectivity index (χ2v) is 10.4. The number of nitrogens with zero attached hydrogens (tertiary/aromatic N) is 1. The van der Waals surface area contributed by atoms with Crippen molar-refractivity contribution in [3.8, 4) is 5.75 Å². The molecule has 40 heavy (non-hydrogen) atoms. The van der Waals surface area contributed by atoms with Gasteiger partial charge in [0.05, 0.1) is 5.02 Å². The Morgan fingerprint density at radius 3 is 1.98 bits per heavy atom. The lowest BCUT2D eigenvalue weighted by Crippen LogP contribution is -2.37. The average molecular weight is 573 g/mol. The van der Waals surface area contributed by atoms with E-state index in [-0.39, 0.29) is 11.9 Å². The first-order valence-electron chi connectivity index (χ1n) is 12.7. The van der Waals surface area contributed by atoms with Crippen molar-refractivity contribution in [2.24, 2.45) is 0 Å². The molecule has 1 saturated carbocycles. The van der Waals surface area contributed by atoms with Gasteiger partial charge in [-0.05, 0) is 86.9 Å². The molecule has 0 aliphatic heterocycles. The Kier molecular flexibility index (Phi) is 9.66. The first-order chi connectivity index (χ1) is 19.1. The molecule has 3 aromatic carbocycles. The van der Waals surface area contributed by atoms with Crippen LogP contribution in [0.5, 0.6) is 5.75 Å². The Morgan fingerprint density at radius 1 is 0.900 bits per heavy atom. The largest absolute Gasteiger partial charge is 0.491 e. The number of rotatable bonds is 8. The van der Waals surface area contributed by atoms with Crippen molar-refractivity contribution in [2.45, 2.75) is 25.3 Å². The Bertz CT molecular complexity index is 1390. The molecular formula is C31H29ClF4N2O2. The number of halogens is 5. The summed E-state index contributed by atoms with van der Waals surface area (Å²) < 4.78 is 60.2. The van der Waals surface area contributed by atoms with E-state index in [1.54, 1.807) is 30.4 Å². The molecule has 0 saturated heterocycles. The predicted molar refractivity (Wildman–Crippen MR) is 149 cm³/mol. The molecule has 210 valence electrons. The van der Waals surface area contributed by atoms with Gasteiger partial charge in [0.15, 0.2) is 23.3 Å². The molecule has 0 spiro atoms. The maximum absolute atomic E-state index is 13.8. The van der Waals surface area contributed by atoms with Crippen molar-refractivity contribution in [1.29, 1.82) is 0 Å². The minimum Gasteiger partial charge on any atom is -0.491 e. The predicted octanol–water partition coefficient (Wildman–Crippen LogP) is 7.29. The van der Waals surface area contributed by atoms with Crippen LogP contribution in [0.25, 0.3) is 12.2 Å².